The molecule has 2 heterocycles. The number of carbonyl (C=O) groups is 2. The van der Waals surface area contributed by atoms with E-state index < -0.39 is 0 Å². The van der Waals surface area contributed by atoms with Crippen LogP contribution in [0.5, 0.6) is 11.5 Å². The van der Waals surface area contributed by atoms with Crippen molar-refractivity contribution in [1.82, 2.24) is 9.80 Å². The highest BCUT2D eigenvalue weighted by molar-refractivity contribution is 7.10. The van der Waals surface area contributed by atoms with Crippen molar-refractivity contribution in [3.05, 3.63) is 81.0 Å². The molecule has 1 fully saturated rings. The fourth-order valence-corrected chi connectivity index (χ4v) is 5.01. The molecule has 0 bridgehead atoms. The molecule has 5 rings (SSSR count). The van der Waals surface area contributed by atoms with E-state index in [0.717, 1.165) is 34.6 Å². The molecular weight excluding hydrogens is 448 g/mol. The average molecular weight is 477 g/mol. The summed E-state index contributed by atoms with van der Waals surface area (Å²) in [5, 5.41) is 2.05. The lowest BCUT2D eigenvalue weighted by atomic mass is 10.1. The fraction of sp³-hybridized carbons (Fsp3) is 0.333. The summed E-state index contributed by atoms with van der Waals surface area (Å²) in [5.41, 5.74) is 3.87. The number of aryl methyl sites for hydroxylation is 2. The van der Waals surface area contributed by atoms with Crippen LogP contribution in [0.2, 0.25) is 0 Å². The second-order valence-electron chi connectivity index (χ2n) is 8.99. The summed E-state index contributed by atoms with van der Waals surface area (Å²) in [6.45, 7) is 5.29. The number of amides is 2. The van der Waals surface area contributed by atoms with Crippen LogP contribution >= 0.6 is 11.3 Å². The monoisotopic (exact) mass is 476 g/mol. The van der Waals surface area contributed by atoms with Crippen LogP contribution in [0.1, 0.15) is 44.8 Å². The molecular formula is C27H28N2O4S. The number of carbonyl (C=O) groups excluding carboxylic acids is 2. The van der Waals surface area contributed by atoms with Crippen molar-refractivity contribution in [2.45, 2.75) is 45.8 Å². The number of hydrogen-bond donors (Lipinski definition) is 0. The van der Waals surface area contributed by atoms with E-state index in [4.69, 9.17) is 9.47 Å². The van der Waals surface area contributed by atoms with E-state index in [2.05, 4.69) is 13.0 Å². The number of thiophene rings is 1. The Morgan fingerprint density at radius 3 is 2.44 bits per heavy atom. The maximum atomic E-state index is 13.6. The first-order chi connectivity index (χ1) is 16.5. The lowest BCUT2D eigenvalue weighted by Crippen LogP contribution is -2.43. The van der Waals surface area contributed by atoms with Crippen LogP contribution in [0, 0.1) is 13.8 Å². The standard InChI is InChI=1S/C27H28N2O4S/c1-18-3-6-21(7-4-18)27(31)29(22-8-9-22)16-26(30)28(15-25-19(2)11-12-34-25)14-20-5-10-23-24(13-20)33-17-32-23/h3-7,10-13,22H,8-9,14-17H2,1-2H3. The van der Waals surface area contributed by atoms with Crippen molar-refractivity contribution >= 4 is 23.2 Å². The van der Waals surface area contributed by atoms with E-state index in [1.807, 2.05) is 59.7 Å². The van der Waals surface area contributed by atoms with Crippen LogP contribution in [-0.2, 0) is 17.9 Å². The molecule has 2 aromatic carbocycles. The molecule has 1 aliphatic carbocycles. The minimum Gasteiger partial charge on any atom is -0.454 e. The molecule has 0 saturated heterocycles. The quantitative estimate of drug-likeness (QED) is 0.463. The minimum absolute atomic E-state index is 0.0576. The molecule has 2 amide bonds. The van der Waals surface area contributed by atoms with Gasteiger partial charge in [0.1, 0.15) is 6.54 Å². The van der Waals surface area contributed by atoms with Crippen molar-refractivity contribution < 1.29 is 19.1 Å². The normalized spacial score (nSPS) is 14.2. The van der Waals surface area contributed by atoms with Crippen LogP contribution in [0.25, 0.3) is 0 Å². The van der Waals surface area contributed by atoms with E-state index in [-0.39, 0.29) is 31.2 Å². The SMILES string of the molecule is Cc1ccc(C(=O)N(CC(=O)N(Cc2ccc3c(c2)OCO3)Cc2sccc2C)C2CC2)cc1. The summed E-state index contributed by atoms with van der Waals surface area (Å²) in [6.07, 6.45) is 1.88. The van der Waals surface area contributed by atoms with Crippen molar-refractivity contribution in [3.63, 3.8) is 0 Å². The van der Waals surface area contributed by atoms with Gasteiger partial charge >= 0.3 is 0 Å². The van der Waals surface area contributed by atoms with Crippen LogP contribution in [0.15, 0.2) is 53.9 Å². The highest BCUT2D eigenvalue weighted by Crippen LogP contribution is 2.33. The topological polar surface area (TPSA) is 59.1 Å². The molecule has 0 spiro atoms. The number of ether oxygens (including phenoxy) is 2. The molecule has 3 aromatic rings. The Morgan fingerprint density at radius 1 is 0.971 bits per heavy atom. The van der Waals surface area contributed by atoms with Crippen molar-refractivity contribution in [1.29, 1.82) is 0 Å². The molecule has 0 radical (unpaired) electrons. The van der Waals surface area contributed by atoms with Crippen molar-refractivity contribution in [2.75, 3.05) is 13.3 Å². The molecule has 34 heavy (non-hydrogen) atoms. The van der Waals surface area contributed by atoms with Gasteiger partial charge in [0, 0.05) is 23.0 Å². The summed E-state index contributed by atoms with van der Waals surface area (Å²) in [5.74, 6) is 1.29. The largest absolute Gasteiger partial charge is 0.454 e. The van der Waals surface area contributed by atoms with Crippen LogP contribution in [0.3, 0.4) is 0 Å². The van der Waals surface area contributed by atoms with Crippen molar-refractivity contribution in [3.8, 4) is 11.5 Å². The Bertz CT molecular complexity index is 1200. The first-order valence-corrected chi connectivity index (χ1v) is 12.4. The molecule has 1 aromatic heterocycles. The molecule has 1 saturated carbocycles. The van der Waals surface area contributed by atoms with E-state index in [9.17, 15) is 9.59 Å². The predicted octanol–water partition coefficient (Wildman–Crippen LogP) is 4.93. The third-order valence-corrected chi connectivity index (χ3v) is 7.33. The Hall–Kier alpha value is -3.32. The average Bonchev–Trinajstić information content (AvgIpc) is 3.43. The summed E-state index contributed by atoms with van der Waals surface area (Å²) < 4.78 is 10.9. The number of benzene rings is 2. The molecule has 176 valence electrons. The zero-order valence-corrected chi connectivity index (χ0v) is 20.3. The van der Waals surface area contributed by atoms with Crippen LogP contribution < -0.4 is 9.47 Å². The van der Waals surface area contributed by atoms with Gasteiger partial charge in [0.25, 0.3) is 5.91 Å². The molecule has 1 aliphatic heterocycles. The summed E-state index contributed by atoms with van der Waals surface area (Å²) in [4.78, 5) is 31.7. The van der Waals surface area contributed by atoms with Crippen LogP contribution in [0.4, 0.5) is 0 Å². The van der Waals surface area contributed by atoms with Crippen molar-refractivity contribution in [2.24, 2.45) is 0 Å². The zero-order valence-electron chi connectivity index (χ0n) is 19.5. The lowest BCUT2D eigenvalue weighted by Gasteiger charge is -2.28. The maximum Gasteiger partial charge on any atom is 0.254 e. The molecule has 0 N–H and O–H groups in total. The molecule has 7 heteroatoms. The molecule has 0 atom stereocenters. The van der Waals surface area contributed by atoms with Gasteiger partial charge in [0.15, 0.2) is 11.5 Å². The van der Waals surface area contributed by atoms with Gasteiger partial charge in [-0.2, -0.15) is 0 Å². The van der Waals surface area contributed by atoms with E-state index in [0.29, 0.717) is 24.4 Å². The van der Waals surface area contributed by atoms with Gasteiger partial charge in [-0.15, -0.1) is 11.3 Å². The minimum atomic E-state index is -0.0776. The van der Waals surface area contributed by atoms with Gasteiger partial charge in [0.2, 0.25) is 12.7 Å². The highest BCUT2D eigenvalue weighted by Gasteiger charge is 2.35. The van der Waals surface area contributed by atoms with Crippen LogP contribution in [-0.4, -0.2) is 41.0 Å². The first kappa shape index (κ1) is 22.5. The van der Waals surface area contributed by atoms with Gasteiger partial charge in [-0.1, -0.05) is 23.8 Å². The summed E-state index contributed by atoms with van der Waals surface area (Å²) in [6, 6.07) is 15.5. The summed E-state index contributed by atoms with van der Waals surface area (Å²) >= 11 is 1.65. The Morgan fingerprint density at radius 2 is 1.74 bits per heavy atom. The van der Waals surface area contributed by atoms with E-state index >= 15 is 0 Å². The number of nitrogens with zero attached hydrogens (tertiary/aromatic N) is 2. The first-order valence-electron chi connectivity index (χ1n) is 11.5. The second-order valence-corrected chi connectivity index (χ2v) is 10.00. The Labute approximate surface area is 203 Å². The zero-order chi connectivity index (χ0) is 23.7. The van der Waals surface area contributed by atoms with Gasteiger partial charge in [-0.25, -0.2) is 0 Å². The molecule has 0 unspecified atom stereocenters. The summed E-state index contributed by atoms with van der Waals surface area (Å²) in [7, 11) is 0. The number of fused-ring (bicyclic) bond motifs is 1. The Balaban J connectivity index is 1.37. The number of rotatable bonds is 8. The fourth-order valence-electron chi connectivity index (χ4n) is 4.09. The van der Waals surface area contributed by atoms with Gasteiger partial charge in [-0.05, 0) is 73.5 Å². The van der Waals surface area contributed by atoms with E-state index in [1.165, 1.54) is 5.56 Å². The Kier molecular flexibility index (Phi) is 6.28. The molecule has 6 nitrogen and oxygen atoms in total. The lowest BCUT2D eigenvalue weighted by molar-refractivity contribution is -0.133. The third kappa shape index (κ3) is 4.94. The van der Waals surface area contributed by atoms with Gasteiger partial charge in [-0.3, -0.25) is 9.59 Å². The maximum absolute atomic E-state index is 13.6. The van der Waals surface area contributed by atoms with E-state index in [1.54, 1.807) is 16.2 Å². The predicted molar refractivity (Wildman–Crippen MR) is 131 cm³/mol. The molecule has 2 aliphatic rings. The smallest absolute Gasteiger partial charge is 0.254 e. The number of hydrogen-bond acceptors (Lipinski definition) is 5. The third-order valence-electron chi connectivity index (χ3n) is 6.32. The van der Waals surface area contributed by atoms with Gasteiger partial charge in [0.05, 0.1) is 6.54 Å². The highest BCUT2D eigenvalue weighted by atomic mass is 32.1. The second kappa shape index (κ2) is 9.50. The van der Waals surface area contributed by atoms with Gasteiger partial charge < -0.3 is 19.3 Å².